The van der Waals surface area contributed by atoms with Gasteiger partial charge in [-0.3, -0.25) is 9.59 Å². The number of carbonyl (C=O) groups excluding carboxylic acids is 2. The first-order chi connectivity index (χ1) is 43.6. The maximum absolute atomic E-state index is 13.0. The fourth-order valence-electron chi connectivity index (χ4n) is 10.2. The molecule has 2 unspecified atom stereocenters. The molecule has 9 nitrogen and oxygen atoms in total. The Morgan fingerprint density at radius 1 is 0.337 bits per heavy atom. The summed E-state index contributed by atoms with van der Waals surface area (Å²) in [5.74, 6) is -2.00. The van der Waals surface area contributed by atoms with E-state index in [1.807, 2.05) is 21.1 Å². The molecule has 9 heteroatoms. The van der Waals surface area contributed by atoms with Crippen LogP contribution >= 0.6 is 0 Å². The van der Waals surface area contributed by atoms with Crippen molar-refractivity contribution in [1.29, 1.82) is 0 Å². The molecule has 0 heterocycles. The SMILES string of the molecule is CC/C=C\C/C=C\C/C=C\C/C=C\C/C=C\CCCCCCCCCCCCCCCCCCCCCCCC(=O)OC(COC(=O)CCCCCCCCCCCCC/C=C\C/C=C\C/C=C\C/C=C\C/C=C\CC)COC(OCC[N+](C)(C)C)C(=O)O. The highest BCUT2D eigenvalue weighted by molar-refractivity contribution is 5.71. The van der Waals surface area contributed by atoms with Gasteiger partial charge in [-0.25, -0.2) is 4.79 Å². The minimum atomic E-state index is -1.52. The predicted molar refractivity (Wildman–Crippen MR) is 382 cm³/mol. The number of carbonyl (C=O) groups is 3. The highest BCUT2D eigenvalue weighted by atomic mass is 16.7. The molecule has 0 aromatic heterocycles. The van der Waals surface area contributed by atoms with Crippen molar-refractivity contribution < 1.29 is 42.9 Å². The van der Waals surface area contributed by atoms with E-state index in [9.17, 15) is 19.5 Å². The van der Waals surface area contributed by atoms with E-state index in [0.29, 0.717) is 17.4 Å². The van der Waals surface area contributed by atoms with Crippen LogP contribution in [0.3, 0.4) is 0 Å². The molecule has 0 aromatic rings. The molecule has 0 rings (SSSR count). The van der Waals surface area contributed by atoms with Gasteiger partial charge in [0.15, 0.2) is 6.10 Å². The molecule has 89 heavy (non-hydrogen) atoms. The first-order valence-electron chi connectivity index (χ1n) is 36.7. The molecule has 0 aliphatic carbocycles. The summed E-state index contributed by atoms with van der Waals surface area (Å²) >= 11 is 0. The lowest BCUT2D eigenvalue weighted by Crippen LogP contribution is -2.40. The Labute approximate surface area is 548 Å². The van der Waals surface area contributed by atoms with Gasteiger partial charge < -0.3 is 28.5 Å². The molecule has 0 aromatic carbocycles. The van der Waals surface area contributed by atoms with Crippen molar-refractivity contribution in [3.8, 4) is 0 Å². The summed E-state index contributed by atoms with van der Waals surface area (Å²) in [7, 11) is 5.98. The lowest BCUT2D eigenvalue weighted by Gasteiger charge is -2.25. The fraction of sp³-hybridized carbons (Fsp3) is 0.713. The van der Waals surface area contributed by atoms with Crippen LogP contribution in [0, 0.1) is 0 Å². The van der Waals surface area contributed by atoms with Crippen molar-refractivity contribution in [2.45, 2.75) is 322 Å². The molecule has 0 radical (unpaired) electrons. The van der Waals surface area contributed by atoms with E-state index in [1.165, 1.54) is 180 Å². The summed E-state index contributed by atoms with van der Waals surface area (Å²) in [5, 5.41) is 9.76. The number of hydrogen-bond donors (Lipinski definition) is 1. The minimum Gasteiger partial charge on any atom is -0.477 e. The summed E-state index contributed by atoms with van der Waals surface area (Å²) in [6.07, 6.45) is 96.1. The summed E-state index contributed by atoms with van der Waals surface area (Å²) < 4.78 is 23.0. The minimum absolute atomic E-state index is 0.184. The summed E-state index contributed by atoms with van der Waals surface area (Å²) in [5.41, 5.74) is 0. The Kier molecular flexibility index (Phi) is 66.2. The lowest BCUT2D eigenvalue weighted by molar-refractivity contribution is -0.870. The van der Waals surface area contributed by atoms with E-state index in [2.05, 4.69) is 135 Å². The van der Waals surface area contributed by atoms with Crippen LogP contribution < -0.4 is 0 Å². The highest BCUT2D eigenvalue weighted by Gasteiger charge is 2.25. The third kappa shape index (κ3) is 71.0. The maximum Gasteiger partial charge on any atom is 0.361 e. The summed E-state index contributed by atoms with van der Waals surface area (Å²) in [4.78, 5) is 37.7. The van der Waals surface area contributed by atoms with Gasteiger partial charge in [0.25, 0.3) is 6.29 Å². The second-order valence-electron chi connectivity index (χ2n) is 25.5. The molecule has 0 bridgehead atoms. The van der Waals surface area contributed by atoms with Crippen LogP contribution in [-0.4, -0.2) is 87.4 Å². The van der Waals surface area contributed by atoms with Gasteiger partial charge in [0.05, 0.1) is 34.4 Å². The molecule has 0 aliphatic rings. The number of esters is 2. The van der Waals surface area contributed by atoms with Gasteiger partial charge in [-0.05, 0) is 103 Å². The number of carboxylic acid groups (broad SMARTS) is 1. The molecule has 0 saturated heterocycles. The van der Waals surface area contributed by atoms with E-state index in [4.69, 9.17) is 18.9 Å². The standard InChI is InChI=1S/C80H137NO8/c1-6-8-10-12-14-16-18-20-22-24-26-28-30-32-34-35-36-37-38-39-40-41-42-43-45-47-49-51-53-55-57-59-61-63-65-67-69-71-78(83)89-76(75-88-80(79(84)85)86-73-72-81(3,4)5)74-87-77(82)70-68-66-64-62-60-58-56-54-52-50-48-46-44-33-31-29-27-25-23-21-19-17-15-13-11-9-7-2/h8-11,14-17,20-23,26-29,32-34,44,76,80H,6-7,12-13,18-19,24-25,30-31,35-43,45-75H2,1-5H3/p+1/b10-8-,11-9-,16-14-,17-15-,22-20-,23-21-,28-26-,29-27-,34-32-,44-33-. The predicted octanol–water partition coefficient (Wildman–Crippen LogP) is 23.1. The van der Waals surface area contributed by atoms with Gasteiger partial charge >= 0.3 is 17.9 Å². The van der Waals surface area contributed by atoms with Crippen LogP contribution in [0.15, 0.2) is 122 Å². The molecular weight excluding hydrogens is 1100 g/mol. The molecule has 0 amide bonds. The number of carboxylic acids is 1. The number of nitrogens with zero attached hydrogens (tertiary/aromatic N) is 1. The summed E-state index contributed by atoms with van der Waals surface area (Å²) in [6, 6.07) is 0. The Hall–Kier alpha value is -4.31. The Morgan fingerprint density at radius 3 is 0.899 bits per heavy atom. The number of ether oxygens (including phenoxy) is 4. The van der Waals surface area contributed by atoms with Crippen LogP contribution in [0.4, 0.5) is 0 Å². The topological polar surface area (TPSA) is 108 Å². The van der Waals surface area contributed by atoms with Crippen LogP contribution in [0.2, 0.25) is 0 Å². The number of quaternary nitrogens is 1. The van der Waals surface area contributed by atoms with Crippen LogP contribution in [-0.2, 0) is 33.3 Å². The first-order valence-corrected chi connectivity index (χ1v) is 36.7. The Balaban J connectivity index is 4.06. The first kappa shape index (κ1) is 84.7. The lowest BCUT2D eigenvalue weighted by atomic mass is 10.0. The van der Waals surface area contributed by atoms with Crippen molar-refractivity contribution in [1.82, 2.24) is 0 Å². The number of hydrogen-bond acceptors (Lipinski definition) is 7. The largest absolute Gasteiger partial charge is 0.477 e. The van der Waals surface area contributed by atoms with E-state index >= 15 is 0 Å². The van der Waals surface area contributed by atoms with Gasteiger partial charge in [-0.2, -0.15) is 0 Å². The number of rotatable bonds is 67. The van der Waals surface area contributed by atoms with Crippen molar-refractivity contribution in [2.75, 3.05) is 47.5 Å². The zero-order valence-electron chi connectivity index (χ0n) is 58.3. The maximum atomic E-state index is 13.0. The smallest absolute Gasteiger partial charge is 0.361 e. The van der Waals surface area contributed by atoms with Crippen molar-refractivity contribution in [3.63, 3.8) is 0 Å². The van der Waals surface area contributed by atoms with Crippen LogP contribution in [0.5, 0.6) is 0 Å². The van der Waals surface area contributed by atoms with E-state index in [1.54, 1.807) is 0 Å². The monoisotopic (exact) mass is 1240 g/mol. The Bertz CT molecular complexity index is 1880. The third-order valence-electron chi connectivity index (χ3n) is 15.7. The van der Waals surface area contributed by atoms with Crippen LogP contribution in [0.1, 0.15) is 309 Å². The second kappa shape index (κ2) is 69.6. The highest BCUT2D eigenvalue weighted by Crippen LogP contribution is 2.18. The average Bonchev–Trinajstić information content (AvgIpc) is 3.70. The molecule has 0 fully saturated rings. The zero-order chi connectivity index (χ0) is 64.7. The number of unbranched alkanes of at least 4 members (excludes halogenated alkanes) is 32. The number of likely N-dealkylation sites (N-methyl/N-ethyl adjacent to an activating group) is 1. The van der Waals surface area contributed by atoms with Crippen molar-refractivity contribution >= 4 is 17.9 Å². The molecule has 0 saturated carbocycles. The molecule has 0 aliphatic heterocycles. The average molecular weight is 1240 g/mol. The van der Waals surface area contributed by atoms with Gasteiger partial charge in [0, 0.05) is 12.8 Å². The van der Waals surface area contributed by atoms with E-state index < -0.39 is 24.3 Å². The quantitative estimate of drug-likeness (QED) is 0.0211. The molecular formula is C80H138NO8+. The molecule has 510 valence electrons. The van der Waals surface area contributed by atoms with E-state index in [0.717, 1.165) is 103 Å². The van der Waals surface area contributed by atoms with E-state index in [-0.39, 0.29) is 32.2 Å². The second-order valence-corrected chi connectivity index (χ2v) is 25.5. The molecule has 0 spiro atoms. The fourth-order valence-corrected chi connectivity index (χ4v) is 10.2. The van der Waals surface area contributed by atoms with Crippen LogP contribution in [0.25, 0.3) is 0 Å². The number of aliphatic carboxylic acids is 1. The molecule has 2 atom stereocenters. The zero-order valence-corrected chi connectivity index (χ0v) is 58.3. The van der Waals surface area contributed by atoms with Gasteiger partial charge in [-0.1, -0.05) is 315 Å². The van der Waals surface area contributed by atoms with Gasteiger partial charge in [0.2, 0.25) is 0 Å². The van der Waals surface area contributed by atoms with Gasteiger partial charge in [-0.15, -0.1) is 0 Å². The third-order valence-corrected chi connectivity index (χ3v) is 15.7. The van der Waals surface area contributed by atoms with Crippen molar-refractivity contribution in [2.24, 2.45) is 0 Å². The summed E-state index contributed by atoms with van der Waals surface area (Å²) in [6.45, 7) is 4.67. The van der Waals surface area contributed by atoms with Gasteiger partial charge in [0.1, 0.15) is 13.2 Å². The number of allylic oxidation sites excluding steroid dienone is 20. The molecule has 1 N–H and O–H groups in total. The van der Waals surface area contributed by atoms with Crippen molar-refractivity contribution in [3.05, 3.63) is 122 Å². The Morgan fingerprint density at radius 2 is 0.607 bits per heavy atom. The normalized spacial score (nSPS) is 13.4.